The average Bonchev–Trinajstić information content (AvgIpc) is 2.62. The molecule has 1 aliphatic rings. The second-order valence-electron chi connectivity index (χ2n) is 7.28. The van der Waals surface area contributed by atoms with Crippen molar-refractivity contribution in [2.75, 3.05) is 19.0 Å². The molecule has 2 rings (SSSR count). The number of hydrogen-bond donors (Lipinski definition) is 3. The third-order valence-electron chi connectivity index (χ3n) is 5.23. The number of carbonyl (C=O) groups excluding carboxylic acids is 1. The molecule has 0 aromatic heterocycles. The Bertz CT molecular complexity index is 725. The van der Waals surface area contributed by atoms with Gasteiger partial charge < -0.3 is 10.2 Å². The van der Waals surface area contributed by atoms with Gasteiger partial charge in [-0.2, -0.15) is 0 Å². The lowest BCUT2D eigenvalue weighted by atomic mass is 9.78. The number of nitrogens with one attached hydrogen (secondary N) is 3. The van der Waals surface area contributed by atoms with Crippen LogP contribution in [-0.2, 0) is 0 Å². The number of thiocarbonyl (C=S) groups is 1. The molecule has 0 unspecified atom stereocenters. The van der Waals surface area contributed by atoms with E-state index in [4.69, 9.17) is 12.2 Å². The molecule has 0 saturated heterocycles. The molecular weight excluding hydrogens is 366 g/mol. The minimum absolute atomic E-state index is 0.142. The predicted molar refractivity (Wildman–Crippen MR) is 110 cm³/mol. The third kappa shape index (κ3) is 5.29. The quantitative estimate of drug-likeness (QED) is 0.411. The Morgan fingerprint density at radius 2 is 1.96 bits per heavy atom. The highest BCUT2D eigenvalue weighted by molar-refractivity contribution is 7.80. The van der Waals surface area contributed by atoms with Crippen molar-refractivity contribution in [2.45, 2.75) is 39.2 Å². The molecule has 27 heavy (non-hydrogen) atoms. The standard InChI is InChI=1S/C18H27N5O3S/c1-11-6-5-7-15(12(11)2)19-18(27)21-20-17(24)14-10-13(23(25)26)8-9-16(14)22(3)4/h8-12,15H,5-7H2,1-4H3,(H,20,24)(H2,19,21,27)/t11-,12-,15-/m1/s1. The van der Waals surface area contributed by atoms with E-state index in [2.05, 4.69) is 30.0 Å². The Kier molecular flexibility index (Phi) is 6.95. The van der Waals surface area contributed by atoms with Crippen LogP contribution < -0.4 is 21.1 Å². The zero-order valence-electron chi connectivity index (χ0n) is 16.1. The fourth-order valence-corrected chi connectivity index (χ4v) is 3.58. The van der Waals surface area contributed by atoms with Crippen molar-refractivity contribution in [2.24, 2.45) is 11.8 Å². The van der Waals surface area contributed by atoms with E-state index in [1.54, 1.807) is 25.1 Å². The molecule has 9 heteroatoms. The van der Waals surface area contributed by atoms with Crippen LogP contribution >= 0.6 is 12.2 Å². The lowest BCUT2D eigenvalue weighted by molar-refractivity contribution is -0.384. The van der Waals surface area contributed by atoms with Crippen molar-refractivity contribution in [3.05, 3.63) is 33.9 Å². The number of hydrazine groups is 1. The van der Waals surface area contributed by atoms with Crippen molar-refractivity contribution >= 4 is 34.6 Å². The first-order valence-corrected chi connectivity index (χ1v) is 9.44. The van der Waals surface area contributed by atoms with Gasteiger partial charge in [0.2, 0.25) is 0 Å². The monoisotopic (exact) mass is 393 g/mol. The van der Waals surface area contributed by atoms with Crippen LogP contribution in [0.5, 0.6) is 0 Å². The number of anilines is 1. The number of rotatable bonds is 4. The molecule has 1 aromatic carbocycles. The first kappa shape index (κ1) is 20.9. The molecule has 1 aliphatic carbocycles. The van der Waals surface area contributed by atoms with E-state index in [-0.39, 0.29) is 17.3 Å². The van der Waals surface area contributed by atoms with Gasteiger partial charge >= 0.3 is 0 Å². The van der Waals surface area contributed by atoms with Crippen molar-refractivity contribution in [1.29, 1.82) is 0 Å². The van der Waals surface area contributed by atoms with E-state index in [0.717, 1.165) is 12.8 Å². The zero-order valence-corrected chi connectivity index (χ0v) is 16.9. The fourth-order valence-electron chi connectivity index (χ4n) is 3.38. The van der Waals surface area contributed by atoms with E-state index < -0.39 is 10.8 Å². The maximum Gasteiger partial charge on any atom is 0.272 e. The third-order valence-corrected chi connectivity index (χ3v) is 5.45. The van der Waals surface area contributed by atoms with Gasteiger partial charge in [-0.3, -0.25) is 25.8 Å². The molecule has 1 saturated carbocycles. The molecule has 3 N–H and O–H groups in total. The van der Waals surface area contributed by atoms with Gasteiger partial charge in [0.25, 0.3) is 11.6 Å². The Hall–Kier alpha value is -2.42. The SMILES string of the molecule is C[C@@H]1[C@H](C)CCC[C@H]1NC(=S)NNC(=O)c1cc([N+](=O)[O-])ccc1N(C)C. The summed E-state index contributed by atoms with van der Waals surface area (Å²) in [4.78, 5) is 24.8. The van der Waals surface area contributed by atoms with Gasteiger partial charge in [0.05, 0.1) is 10.5 Å². The van der Waals surface area contributed by atoms with Crippen LogP contribution in [0.25, 0.3) is 0 Å². The van der Waals surface area contributed by atoms with Crippen LogP contribution in [0.4, 0.5) is 11.4 Å². The first-order chi connectivity index (χ1) is 12.7. The van der Waals surface area contributed by atoms with Gasteiger partial charge in [0.1, 0.15) is 0 Å². The zero-order chi connectivity index (χ0) is 20.1. The summed E-state index contributed by atoms with van der Waals surface area (Å²) in [5.41, 5.74) is 5.88. The Labute approximate surface area is 164 Å². The highest BCUT2D eigenvalue weighted by Crippen LogP contribution is 2.29. The lowest BCUT2D eigenvalue weighted by Gasteiger charge is -2.35. The summed E-state index contributed by atoms with van der Waals surface area (Å²) in [6.45, 7) is 4.44. The maximum absolute atomic E-state index is 12.5. The number of carbonyl (C=O) groups is 1. The van der Waals surface area contributed by atoms with Gasteiger partial charge in [0.15, 0.2) is 5.11 Å². The number of amides is 1. The van der Waals surface area contributed by atoms with E-state index in [1.807, 2.05) is 0 Å². The Morgan fingerprint density at radius 1 is 1.26 bits per heavy atom. The number of hydrogen-bond acceptors (Lipinski definition) is 5. The highest BCUT2D eigenvalue weighted by atomic mass is 32.1. The lowest BCUT2D eigenvalue weighted by Crippen LogP contribution is -2.52. The van der Waals surface area contributed by atoms with E-state index in [1.165, 1.54) is 18.6 Å². The molecule has 1 aromatic rings. The first-order valence-electron chi connectivity index (χ1n) is 9.03. The fraction of sp³-hybridized carbons (Fsp3) is 0.556. The van der Waals surface area contributed by atoms with E-state index in [9.17, 15) is 14.9 Å². The molecule has 0 spiro atoms. The summed E-state index contributed by atoms with van der Waals surface area (Å²) in [6.07, 6.45) is 3.41. The van der Waals surface area contributed by atoms with Gasteiger partial charge in [0, 0.05) is 38.0 Å². The topological polar surface area (TPSA) is 99.5 Å². The Morgan fingerprint density at radius 3 is 2.59 bits per heavy atom. The molecule has 0 radical (unpaired) electrons. The maximum atomic E-state index is 12.5. The summed E-state index contributed by atoms with van der Waals surface area (Å²) in [6, 6.07) is 4.44. The van der Waals surface area contributed by atoms with Crippen molar-refractivity contribution in [1.82, 2.24) is 16.2 Å². The molecule has 0 aliphatic heterocycles. The molecule has 3 atom stereocenters. The van der Waals surface area contributed by atoms with Crippen LogP contribution in [-0.4, -0.2) is 36.1 Å². The molecule has 148 valence electrons. The second-order valence-corrected chi connectivity index (χ2v) is 7.69. The summed E-state index contributed by atoms with van der Waals surface area (Å²) in [5.74, 6) is 0.629. The molecule has 8 nitrogen and oxygen atoms in total. The van der Waals surface area contributed by atoms with Crippen LogP contribution in [0.2, 0.25) is 0 Å². The number of nitrogens with zero attached hydrogens (tertiary/aromatic N) is 2. The van der Waals surface area contributed by atoms with Gasteiger partial charge in [-0.25, -0.2) is 0 Å². The number of non-ortho nitro benzene ring substituents is 1. The normalized spacial score (nSPS) is 21.9. The van der Waals surface area contributed by atoms with Crippen LogP contribution in [0.3, 0.4) is 0 Å². The van der Waals surface area contributed by atoms with Crippen molar-refractivity contribution in [3.8, 4) is 0 Å². The van der Waals surface area contributed by atoms with Crippen LogP contribution in [0, 0.1) is 22.0 Å². The Balaban J connectivity index is 2.01. The van der Waals surface area contributed by atoms with Crippen LogP contribution in [0.1, 0.15) is 43.5 Å². The van der Waals surface area contributed by atoms with Gasteiger partial charge in [-0.05, 0) is 36.5 Å². The summed E-state index contributed by atoms with van der Waals surface area (Å²) >= 11 is 5.29. The molecular formula is C18H27N5O3S. The molecule has 1 fully saturated rings. The number of benzene rings is 1. The molecule has 1 amide bonds. The summed E-state index contributed by atoms with van der Waals surface area (Å²) in [7, 11) is 3.53. The van der Waals surface area contributed by atoms with E-state index >= 15 is 0 Å². The van der Waals surface area contributed by atoms with E-state index in [0.29, 0.717) is 22.6 Å². The molecule has 0 bridgehead atoms. The summed E-state index contributed by atoms with van der Waals surface area (Å²) in [5, 5.41) is 14.6. The van der Waals surface area contributed by atoms with Gasteiger partial charge in [-0.15, -0.1) is 0 Å². The minimum atomic E-state index is -0.526. The summed E-state index contributed by atoms with van der Waals surface area (Å²) < 4.78 is 0. The van der Waals surface area contributed by atoms with Crippen molar-refractivity contribution < 1.29 is 9.72 Å². The molecule has 0 heterocycles. The smallest absolute Gasteiger partial charge is 0.272 e. The number of nitro benzene ring substituents is 1. The second kappa shape index (κ2) is 8.98. The highest BCUT2D eigenvalue weighted by Gasteiger charge is 2.27. The number of nitro groups is 1. The van der Waals surface area contributed by atoms with Gasteiger partial charge in [-0.1, -0.05) is 26.7 Å². The minimum Gasteiger partial charge on any atom is -0.377 e. The van der Waals surface area contributed by atoms with Crippen LogP contribution in [0.15, 0.2) is 18.2 Å². The average molecular weight is 394 g/mol. The van der Waals surface area contributed by atoms with Crippen molar-refractivity contribution in [3.63, 3.8) is 0 Å². The predicted octanol–water partition coefficient (Wildman–Crippen LogP) is 2.59. The largest absolute Gasteiger partial charge is 0.377 e.